The number of rotatable bonds is 4. The molecule has 1 aliphatic heterocycles. The summed E-state index contributed by atoms with van der Waals surface area (Å²) in [6, 6.07) is 16.4. The molecule has 3 aromatic heterocycles. The average molecular weight is 383 g/mol. The van der Waals surface area contributed by atoms with Crippen LogP contribution in [0.5, 0.6) is 0 Å². The number of aromatic nitrogens is 4. The summed E-state index contributed by atoms with van der Waals surface area (Å²) < 4.78 is 6.06. The van der Waals surface area contributed by atoms with E-state index in [2.05, 4.69) is 44.1 Å². The third-order valence-corrected chi connectivity index (χ3v) is 5.24. The molecule has 4 heterocycles. The van der Waals surface area contributed by atoms with Crippen LogP contribution in [0.4, 0.5) is 0 Å². The van der Waals surface area contributed by atoms with E-state index in [1.54, 1.807) is 12.4 Å². The average Bonchev–Trinajstić information content (AvgIpc) is 2.80. The van der Waals surface area contributed by atoms with Gasteiger partial charge in [0, 0.05) is 49.2 Å². The van der Waals surface area contributed by atoms with Gasteiger partial charge in [0.15, 0.2) is 0 Å². The van der Waals surface area contributed by atoms with Gasteiger partial charge in [-0.15, -0.1) is 0 Å². The zero-order valence-electron chi connectivity index (χ0n) is 16.0. The monoisotopic (exact) mass is 383 g/mol. The van der Waals surface area contributed by atoms with Crippen LogP contribution < -0.4 is 0 Å². The fourth-order valence-corrected chi connectivity index (χ4v) is 3.78. The van der Waals surface area contributed by atoms with Crippen molar-refractivity contribution in [3.8, 4) is 11.3 Å². The lowest BCUT2D eigenvalue weighted by atomic mass is 10.1. The highest BCUT2D eigenvalue weighted by Crippen LogP contribution is 2.25. The van der Waals surface area contributed by atoms with Crippen molar-refractivity contribution in [2.24, 2.45) is 0 Å². The van der Waals surface area contributed by atoms with E-state index in [1.807, 2.05) is 30.5 Å². The van der Waals surface area contributed by atoms with Crippen molar-refractivity contribution in [3.05, 3.63) is 84.7 Å². The lowest BCUT2D eigenvalue weighted by Crippen LogP contribution is -2.38. The summed E-state index contributed by atoms with van der Waals surface area (Å²) in [6.45, 7) is 3.26. The van der Waals surface area contributed by atoms with Crippen LogP contribution in [0.25, 0.3) is 22.2 Å². The summed E-state index contributed by atoms with van der Waals surface area (Å²) in [5.41, 5.74) is 5.04. The van der Waals surface area contributed by atoms with E-state index in [0.717, 1.165) is 42.1 Å². The molecule has 4 aromatic rings. The number of pyridine rings is 2. The molecular weight excluding hydrogens is 362 g/mol. The van der Waals surface area contributed by atoms with Crippen LogP contribution in [-0.4, -0.2) is 44.5 Å². The van der Waals surface area contributed by atoms with Crippen molar-refractivity contribution in [1.29, 1.82) is 0 Å². The first kappa shape index (κ1) is 17.8. The van der Waals surface area contributed by atoms with Gasteiger partial charge in [0.1, 0.15) is 12.4 Å². The van der Waals surface area contributed by atoms with Gasteiger partial charge in [-0.1, -0.05) is 24.3 Å². The summed E-state index contributed by atoms with van der Waals surface area (Å²) in [7, 11) is 0. The normalized spacial score (nSPS) is 17.4. The quantitative estimate of drug-likeness (QED) is 0.536. The highest BCUT2D eigenvalue weighted by Gasteiger charge is 2.24. The van der Waals surface area contributed by atoms with Gasteiger partial charge in [0.25, 0.3) is 0 Å². The largest absolute Gasteiger partial charge is 0.369 e. The Kier molecular flexibility index (Phi) is 4.94. The summed E-state index contributed by atoms with van der Waals surface area (Å²) in [6.07, 6.45) is 6.92. The van der Waals surface area contributed by atoms with E-state index in [-0.39, 0.29) is 6.10 Å². The highest BCUT2D eigenvalue weighted by molar-refractivity contribution is 5.81. The molecule has 0 aliphatic carbocycles. The maximum atomic E-state index is 6.06. The summed E-state index contributed by atoms with van der Waals surface area (Å²) >= 11 is 0. The van der Waals surface area contributed by atoms with E-state index in [9.17, 15) is 0 Å². The Morgan fingerprint density at radius 2 is 1.90 bits per heavy atom. The minimum absolute atomic E-state index is 0.0542. The molecule has 0 amide bonds. The zero-order chi connectivity index (χ0) is 19.5. The molecule has 0 bridgehead atoms. The van der Waals surface area contributed by atoms with Gasteiger partial charge in [-0.25, -0.2) is 15.0 Å². The van der Waals surface area contributed by atoms with Crippen LogP contribution in [0.2, 0.25) is 0 Å². The molecule has 144 valence electrons. The minimum Gasteiger partial charge on any atom is -0.369 e. The van der Waals surface area contributed by atoms with Crippen molar-refractivity contribution in [1.82, 2.24) is 24.8 Å². The number of benzene rings is 1. The Bertz CT molecular complexity index is 1110. The lowest BCUT2D eigenvalue weighted by molar-refractivity contribution is -0.0348. The molecule has 0 saturated carbocycles. The van der Waals surface area contributed by atoms with Gasteiger partial charge >= 0.3 is 0 Å². The molecule has 29 heavy (non-hydrogen) atoms. The SMILES string of the molecule is c1cc(-c2cncnc2)nc(C2CN(Cc3ccnc4ccccc34)CCO2)c1. The number of hydrogen-bond acceptors (Lipinski definition) is 6. The van der Waals surface area contributed by atoms with Crippen molar-refractivity contribution < 1.29 is 4.74 Å². The van der Waals surface area contributed by atoms with Crippen molar-refractivity contribution >= 4 is 10.9 Å². The topological polar surface area (TPSA) is 64.0 Å². The standard InChI is InChI=1S/C23H21N5O/c1-2-5-21-19(4-1)17(8-9-26-21)14-28-10-11-29-23(15-28)22-7-3-6-20(27-22)18-12-24-16-25-13-18/h1-9,12-13,16,23H,10-11,14-15H2. The van der Waals surface area contributed by atoms with Crippen molar-refractivity contribution in [2.45, 2.75) is 12.6 Å². The molecule has 1 fully saturated rings. The third kappa shape index (κ3) is 3.85. The molecule has 1 atom stereocenters. The van der Waals surface area contributed by atoms with Gasteiger partial charge in [0.05, 0.1) is 23.5 Å². The minimum atomic E-state index is -0.0542. The van der Waals surface area contributed by atoms with Crippen LogP contribution in [0.3, 0.4) is 0 Å². The Hall–Kier alpha value is -3.22. The molecular formula is C23H21N5O. The molecule has 1 aliphatic rings. The van der Waals surface area contributed by atoms with Crippen LogP contribution in [-0.2, 0) is 11.3 Å². The lowest BCUT2D eigenvalue weighted by Gasteiger charge is -2.33. The Balaban J connectivity index is 1.36. The maximum absolute atomic E-state index is 6.06. The van der Waals surface area contributed by atoms with Crippen LogP contribution in [0.15, 0.2) is 73.4 Å². The second-order valence-electron chi connectivity index (χ2n) is 7.16. The Labute approximate surface area is 169 Å². The number of hydrogen-bond donors (Lipinski definition) is 0. The molecule has 0 radical (unpaired) electrons. The predicted molar refractivity (Wildman–Crippen MR) is 111 cm³/mol. The number of fused-ring (bicyclic) bond motifs is 1. The fourth-order valence-electron chi connectivity index (χ4n) is 3.78. The van der Waals surface area contributed by atoms with Crippen LogP contribution >= 0.6 is 0 Å². The maximum Gasteiger partial charge on any atom is 0.115 e. The van der Waals surface area contributed by atoms with Gasteiger partial charge in [-0.3, -0.25) is 9.88 Å². The zero-order valence-corrected chi connectivity index (χ0v) is 16.0. The van der Waals surface area contributed by atoms with E-state index in [4.69, 9.17) is 9.72 Å². The van der Waals surface area contributed by atoms with Crippen molar-refractivity contribution in [3.63, 3.8) is 0 Å². The first-order chi connectivity index (χ1) is 14.4. The van der Waals surface area contributed by atoms with Gasteiger partial charge < -0.3 is 4.74 Å². The van der Waals surface area contributed by atoms with Gasteiger partial charge in [-0.2, -0.15) is 0 Å². The number of para-hydroxylation sites is 1. The van der Waals surface area contributed by atoms with Crippen LogP contribution in [0.1, 0.15) is 17.4 Å². The van der Waals surface area contributed by atoms with E-state index in [0.29, 0.717) is 6.61 Å². The Morgan fingerprint density at radius 1 is 1.00 bits per heavy atom. The first-order valence-electron chi connectivity index (χ1n) is 9.76. The van der Waals surface area contributed by atoms with E-state index < -0.39 is 0 Å². The molecule has 1 unspecified atom stereocenters. The second-order valence-corrected chi connectivity index (χ2v) is 7.16. The van der Waals surface area contributed by atoms with Gasteiger partial charge in [-0.05, 0) is 29.8 Å². The number of nitrogens with zero attached hydrogens (tertiary/aromatic N) is 5. The second kappa shape index (κ2) is 8.03. The molecule has 0 spiro atoms. The molecule has 6 heteroatoms. The van der Waals surface area contributed by atoms with Crippen molar-refractivity contribution in [2.75, 3.05) is 19.7 Å². The molecule has 1 aromatic carbocycles. The summed E-state index contributed by atoms with van der Waals surface area (Å²) in [4.78, 5) is 19.9. The molecule has 0 N–H and O–H groups in total. The van der Waals surface area contributed by atoms with E-state index >= 15 is 0 Å². The summed E-state index contributed by atoms with van der Waals surface area (Å²) in [5, 5.41) is 1.21. The van der Waals surface area contributed by atoms with Gasteiger partial charge in [0.2, 0.25) is 0 Å². The number of morpholine rings is 1. The molecule has 6 nitrogen and oxygen atoms in total. The fraction of sp³-hybridized carbons (Fsp3) is 0.217. The smallest absolute Gasteiger partial charge is 0.115 e. The molecule has 5 rings (SSSR count). The predicted octanol–water partition coefficient (Wildman–Crippen LogP) is 3.66. The first-order valence-corrected chi connectivity index (χ1v) is 9.76. The van der Waals surface area contributed by atoms with E-state index in [1.165, 1.54) is 17.3 Å². The Morgan fingerprint density at radius 3 is 2.83 bits per heavy atom. The highest BCUT2D eigenvalue weighted by atomic mass is 16.5. The third-order valence-electron chi connectivity index (χ3n) is 5.24. The molecule has 1 saturated heterocycles. The van der Waals surface area contributed by atoms with Crippen LogP contribution in [0, 0.1) is 0 Å². The number of ether oxygens (including phenoxy) is 1. The summed E-state index contributed by atoms with van der Waals surface area (Å²) in [5.74, 6) is 0.